The van der Waals surface area contributed by atoms with Crippen molar-refractivity contribution in [2.75, 3.05) is 0 Å². The van der Waals surface area contributed by atoms with E-state index in [4.69, 9.17) is 4.74 Å². The Hall–Kier alpha value is -1.78. The standard InChI is InChI=1S/C17H25N3O2/c1-17(2,3)22-16(21)20-13-6-5-7-14(20)9-12(8-13)15-10-18-11-19(15)4/h8,10-11,13-14H,5-7,9H2,1-4H3. The molecule has 2 unspecified atom stereocenters. The number of hydrogen-bond donors (Lipinski definition) is 0. The first kappa shape index (κ1) is 15.1. The molecule has 3 rings (SSSR count). The Morgan fingerprint density at radius 3 is 2.73 bits per heavy atom. The highest BCUT2D eigenvalue weighted by atomic mass is 16.6. The quantitative estimate of drug-likeness (QED) is 0.799. The third kappa shape index (κ3) is 2.89. The summed E-state index contributed by atoms with van der Waals surface area (Å²) in [6.07, 6.45) is 9.90. The number of ether oxygens (including phenoxy) is 1. The number of piperidine rings is 1. The van der Waals surface area contributed by atoms with Crippen molar-refractivity contribution >= 4 is 11.7 Å². The van der Waals surface area contributed by atoms with Crippen LogP contribution in [0.3, 0.4) is 0 Å². The number of nitrogens with zero attached hydrogens (tertiary/aromatic N) is 3. The third-order valence-corrected chi connectivity index (χ3v) is 4.39. The first-order valence-corrected chi connectivity index (χ1v) is 8.04. The van der Waals surface area contributed by atoms with Crippen molar-refractivity contribution in [1.29, 1.82) is 0 Å². The molecular weight excluding hydrogens is 278 g/mol. The molecule has 22 heavy (non-hydrogen) atoms. The molecule has 1 aromatic heterocycles. The first-order valence-electron chi connectivity index (χ1n) is 8.04. The molecule has 0 spiro atoms. The van der Waals surface area contributed by atoms with Crippen LogP contribution in [0.2, 0.25) is 0 Å². The second-order valence-corrected chi connectivity index (χ2v) is 7.33. The van der Waals surface area contributed by atoms with E-state index in [1.807, 2.05) is 49.8 Å². The zero-order chi connectivity index (χ0) is 15.9. The van der Waals surface area contributed by atoms with Crippen molar-refractivity contribution in [2.45, 2.75) is 64.1 Å². The van der Waals surface area contributed by atoms with Crippen LogP contribution in [0.15, 0.2) is 18.6 Å². The SMILES string of the molecule is Cn1cncc1C1=CC2CCCC(C1)N2C(=O)OC(C)(C)C. The van der Waals surface area contributed by atoms with E-state index in [1.54, 1.807) is 0 Å². The van der Waals surface area contributed by atoms with Crippen molar-refractivity contribution in [1.82, 2.24) is 14.5 Å². The molecule has 5 nitrogen and oxygen atoms in total. The molecule has 0 saturated carbocycles. The maximum Gasteiger partial charge on any atom is 0.411 e. The number of amides is 1. The average Bonchev–Trinajstić information content (AvgIpc) is 2.81. The molecule has 0 radical (unpaired) electrons. The lowest BCUT2D eigenvalue weighted by atomic mass is 9.84. The zero-order valence-corrected chi connectivity index (χ0v) is 13.9. The summed E-state index contributed by atoms with van der Waals surface area (Å²) in [4.78, 5) is 18.7. The van der Waals surface area contributed by atoms with Crippen molar-refractivity contribution in [3.8, 4) is 0 Å². The largest absolute Gasteiger partial charge is 0.444 e. The number of imidazole rings is 1. The Morgan fingerprint density at radius 2 is 2.14 bits per heavy atom. The highest BCUT2D eigenvalue weighted by molar-refractivity contribution is 5.74. The highest BCUT2D eigenvalue weighted by Crippen LogP contribution is 2.37. The van der Waals surface area contributed by atoms with Gasteiger partial charge < -0.3 is 9.30 Å². The van der Waals surface area contributed by atoms with Gasteiger partial charge in [-0.1, -0.05) is 6.08 Å². The fourth-order valence-electron chi connectivity index (χ4n) is 3.49. The number of carbonyl (C=O) groups is 1. The van der Waals surface area contributed by atoms with Crippen LogP contribution in [0.5, 0.6) is 0 Å². The monoisotopic (exact) mass is 303 g/mol. The summed E-state index contributed by atoms with van der Waals surface area (Å²) in [6.45, 7) is 5.75. The van der Waals surface area contributed by atoms with Gasteiger partial charge in [0.1, 0.15) is 5.60 Å². The van der Waals surface area contributed by atoms with E-state index in [1.165, 1.54) is 12.0 Å². The van der Waals surface area contributed by atoms with E-state index in [2.05, 4.69) is 11.1 Å². The summed E-state index contributed by atoms with van der Waals surface area (Å²) in [5, 5.41) is 0. The fourth-order valence-corrected chi connectivity index (χ4v) is 3.49. The van der Waals surface area contributed by atoms with Crippen LogP contribution in [0, 0.1) is 0 Å². The molecule has 3 heterocycles. The Bertz CT molecular complexity index is 597. The summed E-state index contributed by atoms with van der Waals surface area (Å²) >= 11 is 0. The molecule has 0 aromatic carbocycles. The van der Waals surface area contributed by atoms with E-state index < -0.39 is 5.60 Å². The molecule has 0 aliphatic carbocycles. The lowest BCUT2D eigenvalue weighted by Gasteiger charge is -2.45. The van der Waals surface area contributed by atoms with E-state index in [0.717, 1.165) is 25.0 Å². The number of carbonyl (C=O) groups excluding carboxylic acids is 1. The van der Waals surface area contributed by atoms with Crippen LogP contribution >= 0.6 is 0 Å². The molecule has 1 aromatic rings. The van der Waals surface area contributed by atoms with Crippen LogP contribution < -0.4 is 0 Å². The van der Waals surface area contributed by atoms with Crippen molar-refractivity contribution in [2.24, 2.45) is 7.05 Å². The molecule has 2 bridgehead atoms. The van der Waals surface area contributed by atoms with Gasteiger partial charge in [-0.15, -0.1) is 0 Å². The lowest BCUT2D eigenvalue weighted by molar-refractivity contribution is 0.0000606. The average molecular weight is 303 g/mol. The summed E-state index contributed by atoms with van der Waals surface area (Å²) < 4.78 is 7.65. The summed E-state index contributed by atoms with van der Waals surface area (Å²) in [7, 11) is 2.01. The van der Waals surface area contributed by atoms with Gasteiger partial charge in [0, 0.05) is 13.1 Å². The van der Waals surface area contributed by atoms with E-state index in [-0.39, 0.29) is 18.2 Å². The Morgan fingerprint density at radius 1 is 1.36 bits per heavy atom. The second-order valence-electron chi connectivity index (χ2n) is 7.33. The Balaban J connectivity index is 1.86. The van der Waals surface area contributed by atoms with Crippen LogP contribution in [-0.2, 0) is 11.8 Å². The molecule has 2 atom stereocenters. The van der Waals surface area contributed by atoms with Gasteiger partial charge in [0.2, 0.25) is 0 Å². The minimum absolute atomic E-state index is 0.146. The number of aromatic nitrogens is 2. The van der Waals surface area contributed by atoms with Gasteiger partial charge in [-0.2, -0.15) is 0 Å². The van der Waals surface area contributed by atoms with Gasteiger partial charge in [0.15, 0.2) is 0 Å². The van der Waals surface area contributed by atoms with Gasteiger partial charge in [-0.3, -0.25) is 4.90 Å². The van der Waals surface area contributed by atoms with E-state index in [9.17, 15) is 4.79 Å². The molecule has 1 saturated heterocycles. The molecule has 0 N–H and O–H groups in total. The zero-order valence-electron chi connectivity index (χ0n) is 13.9. The summed E-state index contributed by atoms with van der Waals surface area (Å²) in [6, 6.07) is 0.385. The Kier molecular flexibility index (Phi) is 3.75. The van der Waals surface area contributed by atoms with E-state index >= 15 is 0 Å². The fraction of sp³-hybridized carbons (Fsp3) is 0.647. The van der Waals surface area contributed by atoms with Crippen molar-refractivity contribution in [3.05, 3.63) is 24.3 Å². The minimum atomic E-state index is -0.447. The smallest absolute Gasteiger partial charge is 0.411 e. The normalized spacial score (nSPS) is 24.9. The molecule has 120 valence electrons. The molecule has 1 amide bonds. The topological polar surface area (TPSA) is 47.4 Å². The van der Waals surface area contributed by atoms with Crippen LogP contribution in [0.1, 0.15) is 52.1 Å². The predicted molar refractivity (Wildman–Crippen MR) is 85.3 cm³/mol. The maximum absolute atomic E-state index is 12.5. The molecule has 2 aliphatic rings. The van der Waals surface area contributed by atoms with Gasteiger partial charge in [0.25, 0.3) is 0 Å². The van der Waals surface area contributed by atoms with Gasteiger partial charge >= 0.3 is 6.09 Å². The lowest BCUT2D eigenvalue weighted by Crippen LogP contribution is -2.53. The highest BCUT2D eigenvalue weighted by Gasteiger charge is 2.39. The molecule has 2 aliphatic heterocycles. The van der Waals surface area contributed by atoms with Gasteiger partial charge in [-0.25, -0.2) is 9.78 Å². The number of fused-ring (bicyclic) bond motifs is 2. The molecule has 5 heteroatoms. The number of rotatable bonds is 1. The summed E-state index contributed by atoms with van der Waals surface area (Å²) in [5.74, 6) is 0. The second kappa shape index (κ2) is 5.45. The van der Waals surface area contributed by atoms with Crippen LogP contribution in [0.4, 0.5) is 4.79 Å². The third-order valence-electron chi connectivity index (χ3n) is 4.39. The maximum atomic E-state index is 12.5. The van der Waals surface area contributed by atoms with Gasteiger partial charge in [-0.05, 0) is 52.0 Å². The first-order chi connectivity index (χ1) is 10.3. The van der Waals surface area contributed by atoms with E-state index in [0.29, 0.717) is 0 Å². The van der Waals surface area contributed by atoms with Crippen molar-refractivity contribution < 1.29 is 9.53 Å². The minimum Gasteiger partial charge on any atom is -0.444 e. The van der Waals surface area contributed by atoms with Gasteiger partial charge in [0.05, 0.1) is 24.3 Å². The Labute approximate surface area is 132 Å². The van der Waals surface area contributed by atoms with Crippen molar-refractivity contribution in [3.63, 3.8) is 0 Å². The number of hydrogen-bond acceptors (Lipinski definition) is 3. The summed E-state index contributed by atoms with van der Waals surface area (Å²) in [5.41, 5.74) is 2.01. The molecular formula is C17H25N3O2. The molecule has 1 fully saturated rings. The number of aryl methyl sites for hydroxylation is 1. The van der Waals surface area contributed by atoms with Crippen LogP contribution in [-0.4, -0.2) is 38.2 Å². The predicted octanol–water partition coefficient (Wildman–Crippen LogP) is 3.37. The van der Waals surface area contributed by atoms with Crippen LogP contribution in [0.25, 0.3) is 5.57 Å².